The summed E-state index contributed by atoms with van der Waals surface area (Å²) in [6.45, 7) is 0. The monoisotopic (exact) mass is 226 g/mol. The van der Waals surface area contributed by atoms with E-state index in [1.807, 2.05) is 0 Å². The average molecular weight is 227 g/mol. The van der Waals surface area contributed by atoms with Crippen LogP contribution in [0.25, 0.3) is 5.76 Å². The summed E-state index contributed by atoms with van der Waals surface area (Å²) in [7, 11) is 0. The number of aliphatic hydroxyl groups excluding tert-OH is 1. The molecule has 12 heavy (non-hydrogen) atoms. The fourth-order valence-electron chi connectivity index (χ4n) is 0.781. The van der Waals surface area contributed by atoms with Gasteiger partial charge in [-0.3, -0.25) is 4.79 Å². The SMILES string of the molecule is O=CC=C(O)c1ccc(Br)cc1. The molecule has 0 unspecified atom stereocenters. The number of aliphatic hydroxyl groups is 1. The third-order valence-corrected chi connectivity index (χ3v) is 1.89. The highest BCUT2D eigenvalue weighted by Gasteiger charge is 1.96. The zero-order valence-corrected chi connectivity index (χ0v) is 7.78. The van der Waals surface area contributed by atoms with Crippen LogP contribution in [0.3, 0.4) is 0 Å². The second-order valence-electron chi connectivity index (χ2n) is 2.19. The molecular formula is C9H7BrO2. The second kappa shape index (κ2) is 4.07. The molecular weight excluding hydrogens is 220 g/mol. The molecule has 0 saturated heterocycles. The first kappa shape index (κ1) is 9.00. The van der Waals surface area contributed by atoms with Crippen LogP contribution in [0.4, 0.5) is 0 Å². The van der Waals surface area contributed by atoms with E-state index in [1.165, 1.54) is 0 Å². The number of allylic oxidation sites excluding steroid dienone is 1. The lowest BCUT2D eigenvalue weighted by Crippen LogP contribution is -1.82. The lowest BCUT2D eigenvalue weighted by Gasteiger charge is -1.97. The highest BCUT2D eigenvalue weighted by Crippen LogP contribution is 2.15. The zero-order valence-electron chi connectivity index (χ0n) is 6.20. The quantitative estimate of drug-likeness (QED) is 0.478. The molecule has 1 rings (SSSR count). The van der Waals surface area contributed by atoms with Crippen LogP contribution in [0.15, 0.2) is 34.8 Å². The molecule has 0 aliphatic rings. The van der Waals surface area contributed by atoms with Crippen LogP contribution in [0.1, 0.15) is 5.56 Å². The Morgan fingerprint density at radius 2 is 1.92 bits per heavy atom. The lowest BCUT2D eigenvalue weighted by molar-refractivity contribution is -0.104. The van der Waals surface area contributed by atoms with Crippen LogP contribution < -0.4 is 0 Å². The van der Waals surface area contributed by atoms with Gasteiger partial charge in [0.25, 0.3) is 0 Å². The first-order valence-electron chi connectivity index (χ1n) is 3.34. The van der Waals surface area contributed by atoms with Gasteiger partial charge >= 0.3 is 0 Å². The van der Waals surface area contributed by atoms with Crippen molar-refractivity contribution in [3.05, 3.63) is 40.4 Å². The Bertz CT molecular complexity index is 301. The Labute approximate surface area is 78.7 Å². The number of halogens is 1. The van der Waals surface area contributed by atoms with Gasteiger partial charge in [-0.05, 0) is 12.1 Å². The number of aldehydes is 1. The van der Waals surface area contributed by atoms with E-state index in [2.05, 4.69) is 15.9 Å². The van der Waals surface area contributed by atoms with Gasteiger partial charge in [0, 0.05) is 16.1 Å². The van der Waals surface area contributed by atoms with Crippen molar-refractivity contribution in [1.82, 2.24) is 0 Å². The summed E-state index contributed by atoms with van der Waals surface area (Å²) in [5, 5.41) is 9.23. The van der Waals surface area contributed by atoms with Crippen molar-refractivity contribution >= 4 is 28.0 Å². The summed E-state index contributed by atoms with van der Waals surface area (Å²) in [5.41, 5.74) is 0.630. The molecule has 1 aromatic carbocycles. The Kier molecular flexibility index (Phi) is 3.05. The highest BCUT2D eigenvalue weighted by molar-refractivity contribution is 9.10. The topological polar surface area (TPSA) is 37.3 Å². The molecule has 3 heteroatoms. The molecule has 0 heterocycles. The summed E-state index contributed by atoms with van der Waals surface area (Å²) in [6, 6.07) is 7.03. The van der Waals surface area contributed by atoms with Crippen LogP contribution in [0, 0.1) is 0 Å². The molecule has 0 fully saturated rings. The summed E-state index contributed by atoms with van der Waals surface area (Å²) < 4.78 is 0.935. The second-order valence-corrected chi connectivity index (χ2v) is 3.11. The van der Waals surface area contributed by atoms with Crippen LogP contribution in [-0.2, 0) is 4.79 Å². The van der Waals surface area contributed by atoms with E-state index in [-0.39, 0.29) is 5.76 Å². The van der Waals surface area contributed by atoms with E-state index in [4.69, 9.17) is 0 Å². The maximum absolute atomic E-state index is 10.0. The van der Waals surface area contributed by atoms with Gasteiger partial charge in [0.05, 0.1) is 0 Å². The minimum atomic E-state index is -0.0162. The van der Waals surface area contributed by atoms with E-state index in [0.717, 1.165) is 10.5 Å². The van der Waals surface area contributed by atoms with Crippen LogP contribution in [0.5, 0.6) is 0 Å². The molecule has 1 N–H and O–H groups in total. The Balaban J connectivity index is 2.97. The van der Waals surface area contributed by atoms with Gasteiger partial charge in [0.2, 0.25) is 0 Å². The van der Waals surface area contributed by atoms with Crippen molar-refractivity contribution in [3.8, 4) is 0 Å². The minimum Gasteiger partial charge on any atom is -0.507 e. The fraction of sp³-hybridized carbons (Fsp3) is 0. The Hall–Kier alpha value is -1.09. The molecule has 0 radical (unpaired) electrons. The minimum absolute atomic E-state index is 0.0162. The number of hydrogen-bond donors (Lipinski definition) is 1. The molecule has 2 nitrogen and oxygen atoms in total. The van der Waals surface area contributed by atoms with Gasteiger partial charge in [-0.2, -0.15) is 0 Å². The number of rotatable bonds is 2. The van der Waals surface area contributed by atoms with E-state index >= 15 is 0 Å². The summed E-state index contributed by atoms with van der Waals surface area (Å²) in [4.78, 5) is 10.0. The zero-order chi connectivity index (χ0) is 8.97. The summed E-state index contributed by atoms with van der Waals surface area (Å²) in [5.74, 6) is -0.0162. The van der Waals surface area contributed by atoms with Gasteiger partial charge in [-0.25, -0.2) is 0 Å². The van der Waals surface area contributed by atoms with Gasteiger partial charge in [0.15, 0.2) is 0 Å². The molecule has 0 spiro atoms. The number of carbonyl (C=O) groups is 1. The van der Waals surface area contributed by atoms with E-state index in [1.54, 1.807) is 24.3 Å². The standard InChI is InChI=1S/C9H7BrO2/c10-8-3-1-7(2-4-8)9(12)5-6-11/h1-6,12H. The lowest BCUT2D eigenvalue weighted by atomic mass is 10.2. The largest absolute Gasteiger partial charge is 0.507 e. The maximum Gasteiger partial charge on any atom is 0.146 e. The molecule has 0 aromatic heterocycles. The van der Waals surface area contributed by atoms with Crippen molar-refractivity contribution in [2.75, 3.05) is 0 Å². The normalized spacial score (nSPS) is 11.2. The van der Waals surface area contributed by atoms with Crippen molar-refractivity contribution in [1.29, 1.82) is 0 Å². The maximum atomic E-state index is 10.0. The summed E-state index contributed by atoms with van der Waals surface area (Å²) in [6.07, 6.45) is 1.67. The van der Waals surface area contributed by atoms with Gasteiger partial charge in [-0.1, -0.05) is 28.1 Å². The first-order valence-corrected chi connectivity index (χ1v) is 4.13. The molecule has 0 atom stereocenters. The smallest absolute Gasteiger partial charge is 0.146 e. The van der Waals surface area contributed by atoms with E-state index < -0.39 is 0 Å². The van der Waals surface area contributed by atoms with Crippen LogP contribution in [0.2, 0.25) is 0 Å². The van der Waals surface area contributed by atoms with Crippen LogP contribution >= 0.6 is 15.9 Å². The fourth-order valence-corrected chi connectivity index (χ4v) is 1.05. The highest BCUT2D eigenvalue weighted by atomic mass is 79.9. The number of hydrogen-bond acceptors (Lipinski definition) is 2. The third kappa shape index (κ3) is 2.20. The molecule has 0 aliphatic carbocycles. The van der Waals surface area contributed by atoms with Crippen molar-refractivity contribution < 1.29 is 9.90 Å². The van der Waals surface area contributed by atoms with Crippen molar-refractivity contribution in [2.24, 2.45) is 0 Å². The first-order chi connectivity index (χ1) is 5.74. The van der Waals surface area contributed by atoms with E-state index in [0.29, 0.717) is 11.8 Å². The number of benzene rings is 1. The molecule has 0 amide bonds. The number of carbonyl (C=O) groups excluding carboxylic acids is 1. The molecule has 1 aromatic rings. The predicted octanol–water partition coefficient (Wildman–Crippen LogP) is 2.55. The average Bonchev–Trinajstić information content (AvgIpc) is 2.06. The Morgan fingerprint density at radius 1 is 1.33 bits per heavy atom. The molecule has 62 valence electrons. The molecule has 0 saturated carbocycles. The van der Waals surface area contributed by atoms with Gasteiger partial charge < -0.3 is 5.11 Å². The molecule has 0 aliphatic heterocycles. The van der Waals surface area contributed by atoms with E-state index in [9.17, 15) is 9.90 Å². The summed E-state index contributed by atoms with van der Waals surface area (Å²) >= 11 is 3.26. The molecule has 0 bridgehead atoms. The van der Waals surface area contributed by atoms with Gasteiger partial charge in [-0.15, -0.1) is 0 Å². The predicted molar refractivity (Wildman–Crippen MR) is 50.8 cm³/mol. The van der Waals surface area contributed by atoms with Gasteiger partial charge in [0.1, 0.15) is 12.0 Å². The van der Waals surface area contributed by atoms with Crippen molar-refractivity contribution in [2.45, 2.75) is 0 Å². The third-order valence-electron chi connectivity index (χ3n) is 1.37. The van der Waals surface area contributed by atoms with Crippen molar-refractivity contribution in [3.63, 3.8) is 0 Å². The van der Waals surface area contributed by atoms with Crippen LogP contribution in [-0.4, -0.2) is 11.4 Å². The Morgan fingerprint density at radius 3 is 2.42 bits per heavy atom.